The van der Waals surface area contributed by atoms with E-state index in [4.69, 9.17) is 28.2 Å². The zero-order valence-electron chi connectivity index (χ0n) is 24.9. The maximum Gasteiger partial charge on any atom is 0.348 e. The largest absolute Gasteiger partial charge is 0.477 e. The van der Waals surface area contributed by atoms with Crippen LogP contribution in [0.1, 0.15) is 65.9 Å². The number of aromatic nitrogens is 4. The minimum absolute atomic E-state index is 0.0770. The number of thiazole rings is 1. The summed E-state index contributed by atoms with van der Waals surface area (Å²) in [5, 5.41) is 14.2. The highest BCUT2D eigenvalue weighted by atomic mass is 35.5. The number of anilines is 2. The first-order valence-electron chi connectivity index (χ1n) is 14.8. The molecular weight excluding hydrogens is 611 g/mol. The van der Waals surface area contributed by atoms with Crippen LogP contribution in [0.2, 0.25) is 10.0 Å². The molecule has 5 heterocycles. The number of amides is 1. The molecule has 3 N–H and O–H groups in total. The van der Waals surface area contributed by atoms with Gasteiger partial charge in [-0.15, -0.1) is 0 Å². The number of piperazine rings is 1. The van der Waals surface area contributed by atoms with E-state index in [2.05, 4.69) is 48.8 Å². The number of carbonyl (C=O) groups excluding carboxylic acids is 1. The van der Waals surface area contributed by atoms with Crippen LogP contribution in [0.5, 0.6) is 0 Å². The molecule has 0 unspecified atom stereocenters. The molecule has 3 aromatic heterocycles. The van der Waals surface area contributed by atoms with E-state index in [1.165, 1.54) is 0 Å². The van der Waals surface area contributed by atoms with Crippen LogP contribution in [0.15, 0.2) is 12.4 Å². The van der Waals surface area contributed by atoms with Crippen LogP contribution in [-0.4, -0.2) is 93.2 Å². The van der Waals surface area contributed by atoms with Crippen molar-refractivity contribution in [2.45, 2.75) is 59.0 Å². The number of aromatic amines is 1. The average molecular weight is 650 g/mol. The van der Waals surface area contributed by atoms with E-state index in [9.17, 15) is 14.7 Å². The molecule has 2 aliphatic heterocycles. The first kappa shape index (κ1) is 31.5. The van der Waals surface area contributed by atoms with Gasteiger partial charge in [-0.1, -0.05) is 55.3 Å². The van der Waals surface area contributed by atoms with Gasteiger partial charge in [0.25, 0.3) is 5.91 Å². The topological polar surface area (TPSA) is 131 Å². The van der Waals surface area contributed by atoms with Crippen molar-refractivity contribution in [3.8, 4) is 11.4 Å². The molecule has 0 radical (unpaired) electrons. The van der Waals surface area contributed by atoms with Crippen molar-refractivity contribution in [3.05, 3.63) is 38.7 Å². The molecule has 5 rings (SSSR count). The zero-order valence-corrected chi connectivity index (χ0v) is 27.2. The summed E-state index contributed by atoms with van der Waals surface area (Å²) in [6, 6.07) is 0.527. The Balaban J connectivity index is 1.24. The lowest BCUT2D eigenvalue weighted by Gasteiger charge is -2.39. The quantitative estimate of drug-likeness (QED) is 0.287. The molecule has 232 valence electrons. The number of aromatic carboxylic acids is 1. The summed E-state index contributed by atoms with van der Waals surface area (Å²) in [6.07, 6.45) is 6.30. The average Bonchev–Trinajstić information content (AvgIpc) is 3.57. The summed E-state index contributed by atoms with van der Waals surface area (Å²) in [5.41, 5.74) is 1.65. The van der Waals surface area contributed by atoms with Crippen LogP contribution >= 0.6 is 34.5 Å². The third-order valence-corrected chi connectivity index (χ3v) is 10.6. The second kappa shape index (κ2) is 13.4. The molecular formula is C29H38Cl2N8O3S. The van der Waals surface area contributed by atoms with E-state index in [0.717, 1.165) is 56.2 Å². The zero-order chi connectivity index (χ0) is 30.8. The number of carbonyl (C=O) groups is 2. The van der Waals surface area contributed by atoms with Crippen LogP contribution < -0.4 is 15.1 Å². The molecule has 11 nitrogen and oxygen atoms in total. The summed E-state index contributed by atoms with van der Waals surface area (Å²) in [6.45, 7) is 13.2. The van der Waals surface area contributed by atoms with Gasteiger partial charge in [0.1, 0.15) is 27.8 Å². The first-order chi connectivity index (χ1) is 20.6. The fourth-order valence-electron chi connectivity index (χ4n) is 5.99. The van der Waals surface area contributed by atoms with Crippen LogP contribution in [-0.2, 0) is 0 Å². The van der Waals surface area contributed by atoms with Crippen LogP contribution in [0.25, 0.3) is 11.4 Å². The normalized spacial score (nSPS) is 19.7. The molecule has 2 fully saturated rings. The van der Waals surface area contributed by atoms with E-state index in [-0.39, 0.29) is 33.5 Å². The van der Waals surface area contributed by atoms with Gasteiger partial charge in [0.05, 0.1) is 22.4 Å². The molecule has 2 atom stereocenters. The number of nitrogens with zero attached hydrogens (tertiary/aromatic N) is 6. The molecule has 0 aliphatic carbocycles. The molecule has 0 spiro atoms. The maximum absolute atomic E-state index is 12.9. The monoisotopic (exact) mass is 648 g/mol. The molecule has 2 aliphatic rings. The molecule has 0 bridgehead atoms. The van der Waals surface area contributed by atoms with Gasteiger partial charge in [0.2, 0.25) is 0 Å². The maximum atomic E-state index is 12.9. The highest BCUT2D eigenvalue weighted by Gasteiger charge is 2.32. The molecule has 14 heteroatoms. The summed E-state index contributed by atoms with van der Waals surface area (Å²) in [5.74, 6) is -0.483. The second-order valence-corrected chi connectivity index (χ2v) is 13.0. The van der Waals surface area contributed by atoms with Crippen LogP contribution in [0.3, 0.4) is 0 Å². The van der Waals surface area contributed by atoms with Crippen LogP contribution in [0, 0.1) is 12.8 Å². The Morgan fingerprint density at radius 3 is 2.37 bits per heavy atom. The number of carboxylic acids is 1. The number of hydrogen-bond donors (Lipinski definition) is 3. The van der Waals surface area contributed by atoms with Crippen molar-refractivity contribution in [1.29, 1.82) is 0 Å². The van der Waals surface area contributed by atoms with Crippen LogP contribution in [0.4, 0.5) is 10.9 Å². The highest BCUT2D eigenvalue weighted by molar-refractivity contribution is 7.17. The van der Waals surface area contributed by atoms with Gasteiger partial charge in [-0.2, -0.15) is 0 Å². The third-order valence-electron chi connectivity index (χ3n) is 8.56. The summed E-state index contributed by atoms with van der Waals surface area (Å²) in [7, 11) is 0. The van der Waals surface area contributed by atoms with Gasteiger partial charge in [0, 0.05) is 57.0 Å². The Morgan fingerprint density at radius 1 is 1.09 bits per heavy atom. The lowest BCUT2D eigenvalue weighted by Crippen LogP contribution is -2.50. The smallest absolute Gasteiger partial charge is 0.348 e. The Kier molecular flexibility index (Phi) is 9.79. The predicted octanol–water partition coefficient (Wildman–Crippen LogP) is 5.20. The summed E-state index contributed by atoms with van der Waals surface area (Å²) < 4.78 is 0. The van der Waals surface area contributed by atoms with Crippen molar-refractivity contribution in [1.82, 2.24) is 30.2 Å². The Hall–Kier alpha value is -2.93. The van der Waals surface area contributed by atoms with E-state index in [0.29, 0.717) is 52.8 Å². The molecule has 0 aromatic carbocycles. The van der Waals surface area contributed by atoms with Gasteiger partial charge in [-0.3, -0.25) is 9.69 Å². The van der Waals surface area contributed by atoms with Gasteiger partial charge in [0.15, 0.2) is 5.13 Å². The van der Waals surface area contributed by atoms with E-state index in [1.807, 2.05) is 6.92 Å². The Morgan fingerprint density at radius 2 is 1.81 bits per heavy atom. The second-order valence-electron chi connectivity index (χ2n) is 11.3. The number of nitrogens with one attached hydrogen (secondary N) is 2. The first-order valence-corrected chi connectivity index (χ1v) is 16.3. The number of H-pyrrole nitrogens is 1. The fraction of sp³-hybridized carbons (Fsp3) is 0.552. The lowest BCUT2D eigenvalue weighted by atomic mass is 9.94. The molecule has 0 saturated carbocycles. The summed E-state index contributed by atoms with van der Waals surface area (Å²) in [4.78, 5) is 48.9. The van der Waals surface area contributed by atoms with E-state index in [1.54, 1.807) is 19.3 Å². The van der Waals surface area contributed by atoms with Crippen molar-refractivity contribution in [2.75, 3.05) is 49.1 Å². The van der Waals surface area contributed by atoms with Crippen molar-refractivity contribution < 1.29 is 14.7 Å². The fourth-order valence-corrected chi connectivity index (χ4v) is 7.36. The minimum atomic E-state index is -1.05. The van der Waals surface area contributed by atoms with Crippen molar-refractivity contribution in [3.63, 3.8) is 0 Å². The van der Waals surface area contributed by atoms with Gasteiger partial charge >= 0.3 is 5.97 Å². The van der Waals surface area contributed by atoms with Crippen molar-refractivity contribution >= 4 is 57.4 Å². The number of hydrogen-bond acceptors (Lipinski definition) is 9. The number of piperidine rings is 1. The standard InChI is InChI=1S/C29H38Cl2N8O3S/c1-5-18(6-2)37-9-11-38(12-10-37)21-14-32-20(13-33-21)24-26(28(41)42)43-29(36-24)39-8-7-19(16(3)15-39)35-27(40)25-23(31)22(30)17(4)34-25/h13-14,16,18-19,34H,5-12,15H2,1-4H3,(H,35,40)(H,41,42)/t16-,19+/m0/s1. The van der Waals surface area contributed by atoms with Gasteiger partial charge in [-0.25, -0.2) is 19.7 Å². The number of carboxylic acid groups (broad SMARTS) is 1. The third kappa shape index (κ3) is 6.62. The van der Waals surface area contributed by atoms with E-state index < -0.39 is 5.97 Å². The predicted molar refractivity (Wildman–Crippen MR) is 171 cm³/mol. The number of halogens is 2. The van der Waals surface area contributed by atoms with Crippen molar-refractivity contribution in [2.24, 2.45) is 5.92 Å². The van der Waals surface area contributed by atoms with E-state index >= 15 is 0 Å². The Bertz CT molecular complexity index is 1450. The minimum Gasteiger partial charge on any atom is -0.477 e. The highest BCUT2D eigenvalue weighted by Crippen LogP contribution is 2.35. The molecule has 1 amide bonds. The molecule has 2 saturated heterocycles. The number of rotatable bonds is 9. The SMILES string of the molecule is CCC(CC)N1CCN(c2cnc(-c3nc(N4CC[C@@H](NC(=O)c5[nH]c(C)c(Cl)c5Cl)[C@@H](C)C4)sc3C(=O)O)cn2)CC1. The lowest BCUT2D eigenvalue weighted by molar-refractivity contribution is 0.0702. The van der Waals surface area contributed by atoms with Gasteiger partial charge < -0.3 is 25.2 Å². The summed E-state index contributed by atoms with van der Waals surface area (Å²) >= 11 is 13.5. The molecule has 3 aromatic rings. The number of aryl methyl sites for hydroxylation is 1. The molecule has 43 heavy (non-hydrogen) atoms. The van der Waals surface area contributed by atoms with Gasteiger partial charge in [-0.05, 0) is 32.1 Å². The Labute approximate surface area is 265 Å².